The molecule has 3 aromatic heterocycles. The van der Waals surface area contributed by atoms with Crippen molar-refractivity contribution in [2.45, 2.75) is 20.8 Å². The Morgan fingerprint density at radius 2 is 1.94 bits per heavy atom. The molecule has 0 saturated heterocycles. The summed E-state index contributed by atoms with van der Waals surface area (Å²) in [5.41, 5.74) is 9.83. The van der Waals surface area contributed by atoms with Gasteiger partial charge >= 0.3 is 0 Å². The van der Waals surface area contributed by atoms with E-state index < -0.39 is 0 Å². The lowest BCUT2D eigenvalue weighted by Crippen LogP contribution is -1.98. The fourth-order valence-electron chi connectivity index (χ4n) is 1.97. The molecule has 0 aliphatic carbocycles. The highest BCUT2D eigenvalue weighted by Crippen LogP contribution is 2.36. The molecule has 3 heterocycles. The first-order valence-corrected chi connectivity index (χ1v) is 6.44. The smallest absolute Gasteiger partial charge is 0.188 e. The van der Waals surface area contributed by atoms with Crippen LogP contribution in [-0.4, -0.2) is 19.8 Å². The minimum atomic E-state index is 0.716. The van der Waals surface area contributed by atoms with E-state index in [0.29, 0.717) is 5.82 Å². The molecule has 0 spiro atoms. The average Bonchev–Trinajstić information content (AvgIpc) is 2.82. The van der Waals surface area contributed by atoms with Gasteiger partial charge in [-0.25, -0.2) is 0 Å². The molecule has 0 saturated carbocycles. The van der Waals surface area contributed by atoms with Crippen LogP contribution in [-0.2, 0) is 0 Å². The van der Waals surface area contributed by atoms with Crippen molar-refractivity contribution in [1.29, 1.82) is 0 Å². The normalized spacial score (nSPS) is 11.3. The van der Waals surface area contributed by atoms with Crippen LogP contribution in [0.4, 0.5) is 5.00 Å². The Labute approximate surface area is 108 Å². The molecule has 3 rings (SSSR count). The summed E-state index contributed by atoms with van der Waals surface area (Å²) in [7, 11) is 0. The number of aromatic nitrogens is 4. The van der Waals surface area contributed by atoms with Crippen LogP contribution in [0.15, 0.2) is 12.1 Å². The van der Waals surface area contributed by atoms with Gasteiger partial charge in [0.05, 0.1) is 16.3 Å². The zero-order chi connectivity index (χ0) is 12.9. The molecular formula is C12H13N5S. The third kappa shape index (κ3) is 1.49. The first kappa shape index (κ1) is 11.2. The third-order valence-corrected chi connectivity index (χ3v) is 4.07. The predicted octanol–water partition coefficient (Wildman–Crippen LogP) is 2.36. The number of nitrogens with zero attached hydrogens (tertiary/aromatic N) is 4. The maximum absolute atomic E-state index is 6.07. The standard InChI is InChI=1S/C12H13N5S/c1-6-4-5-9-14-15-12(17(9)16-6)10-7(2)8(3)18-11(10)13/h4-5H,13H2,1-3H3. The summed E-state index contributed by atoms with van der Waals surface area (Å²) in [6.07, 6.45) is 0. The van der Waals surface area contributed by atoms with Gasteiger partial charge in [-0.3, -0.25) is 0 Å². The van der Waals surface area contributed by atoms with Gasteiger partial charge in [0, 0.05) is 4.88 Å². The minimum Gasteiger partial charge on any atom is -0.390 e. The highest BCUT2D eigenvalue weighted by Gasteiger charge is 2.18. The van der Waals surface area contributed by atoms with Gasteiger partial charge in [-0.2, -0.15) is 9.61 Å². The van der Waals surface area contributed by atoms with Crippen molar-refractivity contribution in [3.8, 4) is 11.4 Å². The number of anilines is 1. The van der Waals surface area contributed by atoms with Crippen molar-refractivity contribution >= 4 is 22.0 Å². The Hall–Kier alpha value is -1.95. The van der Waals surface area contributed by atoms with E-state index in [4.69, 9.17) is 5.73 Å². The topological polar surface area (TPSA) is 69.1 Å². The van der Waals surface area contributed by atoms with Crippen molar-refractivity contribution in [2.75, 3.05) is 5.73 Å². The Bertz CT molecular complexity index is 740. The molecule has 0 fully saturated rings. The van der Waals surface area contributed by atoms with E-state index in [1.165, 1.54) is 4.88 Å². The van der Waals surface area contributed by atoms with Crippen molar-refractivity contribution in [3.63, 3.8) is 0 Å². The lowest BCUT2D eigenvalue weighted by Gasteiger charge is -2.01. The van der Waals surface area contributed by atoms with Gasteiger partial charge in [0.2, 0.25) is 0 Å². The predicted molar refractivity (Wildman–Crippen MR) is 72.7 cm³/mol. The molecule has 2 N–H and O–H groups in total. The van der Waals surface area contributed by atoms with Crippen LogP contribution in [0.5, 0.6) is 0 Å². The summed E-state index contributed by atoms with van der Waals surface area (Å²) >= 11 is 1.58. The van der Waals surface area contributed by atoms with E-state index in [-0.39, 0.29) is 0 Å². The highest BCUT2D eigenvalue weighted by atomic mass is 32.1. The van der Waals surface area contributed by atoms with Gasteiger partial charge in [-0.15, -0.1) is 21.5 Å². The maximum atomic E-state index is 6.07. The number of nitrogen functional groups attached to an aromatic ring is 1. The largest absolute Gasteiger partial charge is 0.390 e. The molecule has 0 unspecified atom stereocenters. The van der Waals surface area contributed by atoms with Crippen LogP contribution >= 0.6 is 11.3 Å². The van der Waals surface area contributed by atoms with Crippen molar-refractivity contribution in [3.05, 3.63) is 28.3 Å². The lowest BCUT2D eigenvalue weighted by molar-refractivity contribution is 0.901. The maximum Gasteiger partial charge on any atom is 0.188 e. The second-order valence-corrected chi connectivity index (χ2v) is 5.55. The number of fused-ring (bicyclic) bond motifs is 1. The highest BCUT2D eigenvalue weighted by molar-refractivity contribution is 7.16. The number of hydrogen-bond acceptors (Lipinski definition) is 5. The quantitative estimate of drug-likeness (QED) is 0.728. The molecule has 92 valence electrons. The molecule has 5 nitrogen and oxygen atoms in total. The number of hydrogen-bond donors (Lipinski definition) is 1. The van der Waals surface area contributed by atoms with E-state index in [2.05, 4.69) is 22.2 Å². The molecule has 0 atom stereocenters. The minimum absolute atomic E-state index is 0.716. The number of thiophene rings is 1. The fraction of sp³-hybridized carbons (Fsp3) is 0.250. The summed E-state index contributed by atoms with van der Waals surface area (Å²) < 4.78 is 1.75. The second kappa shape index (κ2) is 3.78. The van der Waals surface area contributed by atoms with E-state index in [1.54, 1.807) is 15.9 Å². The molecule has 0 amide bonds. The molecule has 0 bridgehead atoms. The van der Waals surface area contributed by atoms with Crippen LogP contribution in [0.2, 0.25) is 0 Å². The van der Waals surface area contributed by atoms with Crippen LogP contribution < -0.4 is 5.73 Å². The molecule has 3 aromatic rings. The molecule has 0 aliphatic rings. The first-order valence-electron chi connectivity index (χ1n) is 5.63. The van der Waals surface area contributed by atoms with E-state index >= 15 is 0 Å². The zero-order valence-corrected chi connectivity index (χ0v) is 11.2. The van der Waals surface area contributed by atoms with E-state index in [1.807, 2.05) is 26.0 Å². The van der Waals surface area contributed by atoms with Crippen LogP contribution in [0.25, 0.3) is 17.0 Å². The molecule has 0 aliphatic heterocycles. The Morgan fingerprint density at radius 3 is 2.61 bits per heavy atom. The summed E-state index contributed by atoms with van der Waals surface area (Å²) in [5.74, 6) is 0.716. The summed E-state index contributed by atoms with van der Waals surface area (Å²) in [4.78, 5) is 1.20. The van der Waals surface area contributed by atoms with Crippen LogP contribution in [0.3, 0.4) is 0 Å². The van der Waals surface area contributed by atoms with E-state index in [0.717, 1.165) is 27.5 Å². The SMILES string of the molecule is Cc1ccc2nnc(-c3c(N)sc(C)c3C)n2n1. The Balaban J connectivity index is 2.35. The van der Waals surface area contributed by atoms with Crippen molar-refractivity contribution in [1.82, 2.24) is 19.8 Å². The van der Waals surface area contributed by atoms with Gasteiger partial charge in [0.1, 0.15) is 0 Å². The summed E-state index contributed by atoms with van der Waals surface area (Å²) in [6, 6.07) is 3.83. The Morgan fingerprint density at radius 1 is 1.17 bits per heavy atom. The summed E-state index contributed by atoms with van der Waals surface area (Å²) in [5, 5.41) is 13.6. The summed E-state index contributed by atoms with van der Waals surface area (Å²) in [6.45, 7) is 6.05. The van der Waals surface area contributed by atoms with Gasteiger partial charge in [0.25, 0.3) is 0 Å². The Kier molecular flexibility index (Phi) is 2.34. The first-order chi connectivity index (χ1) is 8.58. The fourth-order valence-corrected chi connectivity index (χ4v) is 2.90. The lowest BCUT2D eigenvalue weighted by atomic mass is 10.1. The zero-order valence-electron chi connectivity index (χ0n) is 10.4. The monoisotopic (exact) mass is 259 g/mol. The van der Waals surface area contributed by atoms with Crippen molar-refractivity contribution in [2.24, 2.45) is 0 Å². The van der Waals surface area contributed by atoms with Crippen molar-refractivity contribution < 1.29 is 0 Å². The van der Waals surface area contributed by atoms with Crippen LogP contribution in [0, 0.1) is 20.8 Å². The molecule has 18 heavy (non-hydrogen) atoms. The van der Waals surface area contributed by atoms with E-state index in [9.17, 15) is 0 Å². The number of aryl methyl sites for hydroxylation is 2. The molecule has 0 aromatic carbocycles. The van der Waals surface area contributed by atoms with Gasteiger partial charge < -0.3 is 5.73 Å². The molecule has 0 radical (unpaired) electrons. The second-order valence-electron chi connectivity index (χ2n) is 4.29. The van der Waals surface area contributed by atoms with Gasteiger partial charge in [-0.1, -0.05) is 0 Å². The van der Waals surface area contributed by atoms with Crippen LogP contribution in [0.1, 0.15) is 16.1 Å². The average molecular weight is 259 g/mol. The molecular weight excluding hydrogens is 246 g/mol. The number of nitrogens with two attached hydrogens (primary N) is 1. The van der Waals surface area contributed by atoms with Gasteiger partial charge in [-0.05, 0) is 38.5 Å². The number of rotatable bonds is 1. The third-order valence-electron chi connectivity index (χ3n) is 3.03. The van der Waals surface area contributed by atoms with Gasteiger partial charge in [0.15, 0.2) is 11.5 Å². The molecule has 6 heteroatoms.